The predicted molar refractivity (Wildman–Crippen MR) is 74.3 cm³/mol. The van der Waals surface area contributed by atoms with Crippen LogP contribution in [0.3, 0.4) is 0 Å². The first-order chi connectivity index (χ1) is 9.74. The molecule has 0 aliphatic heterocycles. The number of rotatable bonds is 6. The molecule has 2 aromatic rings. The Morgan fingerprint density at radius 2 is 2.15 bits per heavy atom. The van der Waals surface area contributed by atoms with Crippen LogP contribution in [0.5, 0.6) is 0 Å². The number of carbonyl (C=O) groups excluding carboxylic acids is 1. The fourth-order valence-electron chi connectivity index (χ4n) is 1.78. The molecule has 4 N–H and O–H groups in total. The highest BCUT2D eigenvalue weighted by atomic mass is 16.2. The van der Waals surface area contributed by atoms with Crippen molar-refractivity contribution in [3.63, 3.8) is 0 Å². The summed E-state index contributed by atoms with van der Waals surface area (Å²) in [5.41, 5.74) is 3.91. The Kier molecular flexibility index (Phi) is 4.80. The first kappa shape index (κ1) is 14.2. The minimum atomic E-state index is -0.257. The van der Waals surface area contributed by atoms with Crippen LogP contribution in [0.25, 0.3) is 0 Å². The van der Waals surface area contributed by atoms with E-state index in [1.54, 1.807) is 6.20 Å². The normalized spacial score (nSPS) is 12.1. The van der Waals surface area contributed by atoms with Crippen LogP contribution in [-0.4, -0.2) is 20.9 Å². The van der Waals surface area contributed by atoms with Gasteiger partial charge in [-0.25, -0.2) is 10.1 Å². The van der Waals surface area contributed by atoms with Gasteiger partial charge in [0.2, 0.25) is 0 Å². The zero-order valence-corrected chi connectivity index (χ0v) is 11.3. The molecule has 2 rings (SSSR count). The number of hydrogen-bond donors (Lipinski definition) is 3. The van der Waals surface area contributed by atoms with Crippen molar-refractivity contribution in [2.24, 2.45) is 5.84 Å². The second kappa shape index (κ2) is 6.78. The van der Waals surface area contributed by atoms with Gasteiger partial charge < -0.3 is 5.32 Å². The fraction of sp³-hybridized carbons (Fsp3) is 0.308. The van der Waals surface area contributed by atoms with Crippen molar-refractivity contribution in [1.82, 2.24) is 25.7 Å². The highest BCUT2D eigenvalue weighted by Gasteiger charge is 2.14. The minimum Gasteiger partial charge on any atom is -0.347 e. The van der Waals surface area contributed by atoms with Crippen LogP contribution in [0, 0.1) is 0 Å². The highest BCUT2D eigenvalue weighted by Crippen LogP contribution is 2.05. The molecule has 7 nitrogen and oxygen atoms in total. The number of hydrogen-bond acceptors (Lipinski definition) is 5. The van der Waals surface area contributed by atoms with Gasteiger partial charge in [-0.3, -0.25) is 10.6 Å². The number of amides is 1. The molecule has 106 valence electrons. The molecule has 0 spiro atoms. The second-order valence-electron chi connectivity index (χ2n) is 4.34. The quantitative estimate of drug-likeness (QED) is 0.529. The van der Waals surface area contributed by atoms with E-state index >= 15 is 0 Å². The van der Waals surface area contributed by atoms with Gasteiger partial charge in [-0.2, -0.15) is 0 Å². The van der Waals surface area contributed by atoms with Crippen molar-refractivity contribution in [1.29, 1.82) is 0 Å². The molecular weight excluding hydrogens is 256 g/mol. The van der Waals surface area contributed by atoms with Crippen LogP contribution < -0.4 is 16.6 Å². The molecule has 20 heavy (non-hydrogen) atoms. The zero-order chi connectivity index (χ0) is 14.4. The van der Waals surface area contributed by atoms with Crippen LogP contribution in [0.2, 0.25) is 0 Å². The summed E-state index contributed by atoms with van der Waals surface area (Å²) in [6.45, 7) is 2.42. The molecule has 0 saturated heterocycles. The lowest BCUT2D eigenvalue weighted by atomic mass is 10.2. The molecule has 0 radical (unpaired) electrons. The summed E-state index contributed by atoms with van der Waals surface area (Å²) in [5, 5.41) is 10.5. The van der Waals surface area contributed by atoms with Gasteiger partial charge in [0.1, 0.15) is 6.17 Å². The largest absolute Gasteiger partial charge is 0.347 e. The molecule has 1 aromatic heterocycles. The number of aromatic nitrogens is 3. The fourth-order valence-corrected chi connectivity index (χ4v) is 1.78. The molecule has 0 fully saturated rings. The Morgan fingerprint density at radius 3 is 2.80 bits per heavy atom. The van der Waals surface area contributed by atoms with Crippen molar-refractivity contribution in [3.05, 3.63) is 47.8 Å². The summed E-state index contributed by atoms with van der Waals surface area (Å²) in [6, 6.07) is 9.68. The Labute approximate surface area is 117 Å². The second-order valence-corrected chi connectivity index (χ2v) is 4.34. The van der Waals surface area contributed by atoms with E-state index in [0.717, 1.165) is 12.0 Å². The summed E-state index contributed by atoms with van der Waals surface area (Å²) >= 11 is 0. The Morgan fingerprint density at radius 1 is 1.40 bits per heavy atom. The van der Waals surface area contributed by atoms with Gasteiger partial charge in [0.05, 0.1) is 6.20 Å². The van der Waals surface area contributed by atoms with E-state index in [1.165, 1.54) is 4.68 Å². The summed E-state index contributed by atoms with van der Waals surface area (Å²) in [4.78, 5) is 12.0. The molecule has 0 aliphatic carbocycles. The first-order valence-electron chi connectivity index (χ1n) is 6.44. The van der Waals surface area contributed by atoms with E-state index in [9.17, 15) is 4.79 Å². The first-order valence-corrected chi connectivity index (χ1v) is 6.44. The van der Waals surface area contributed by atoms with Crippen molar-refractivity contribution >= 4 is 5.91 Å². The standard InChI is InChI=1S/C13H18N6O/c1-2-12(16-14)19-9-11(17-18-19)13(20)15-8-10-6-4-3-5-7-10/h3-7,9,12,16H,2,8,14H2,1H3,(H,15,20). The van der Waals surface area contributed by atoms with Gasteiger partial charge in [-0.05, 0) is 12.0 Å². The van der Waals surface area contributed by atoms with Gasteiger partial charge >= 0.3 is 0 Å². The van der Waals surface area contributed by atoms with Gasteiger partial charge in [0.15, 0.2) is 5.69 Å². The average molecular weight is 274 g/mol. The molecule has 0 bridgehead atoms. The maximum Gasteiger partial charge on any atom is 0.273 e. The van der Waals surface area contributed by atoms with E-state index in [2.05, 4.69) is 21.1 Å². The molecular formula is C13H18N6O. The average Bonchev–Trinajstić information content (AvgIpc) is 2.97. The van der Waals surface area contributed by atoms with Crippen LogP contribution in [0.1, 0.15) is 35.6 Å². The number of nitrogens with two attached hydrogens (primary N) is 1. The Bertz CT molecular complexity index is 549. The number of hydrazine groups is 1. The van der Waals surface area contributed by atoms with Crippen LogP contribution in [0.15, 0.2) is 36.5 Å². The van der Waals surface area contributed by atoms with E-state index in [4.69, 9.17) is 5.84 Å². The van der Waals surface area contributed by atoms with E-state index in [0.29, 0.717) is 6.54 Å². The lowest BCUT2D eigenvalue weighted by Gasteiger charge is -2.12. The molecule has 1 amide bonds. The van der Waals surface area contributed by atoms with Crippen LogP contribution in [0.4, 0.5) is 0 Å². The highest BCUT2D eigenvalue weighted by molar-refractivity contribution is 5.91. The molecule has 1 heterocycles. The predicted octanol–water partition coefficient (Wildman–Crippen LogP) is 0.580. The van der Waals surface area contributed by atoms with Crippen LogP contribution >= 0.6 is 0 Å². The zero-order valence-electron chi connectivity index (χ0n) is 11.3. The smallest absolute Gasteiger partial charge is 0.273 e. The van der Waals surface area contributed by atoms with E-state index in [-0.39, 0.29) is 17.8 Å². The van der Waals surface area contributed by atoms with Gasteiger partial charge in [-0.1, -0.05) is 42.5 Å². The number of nitrogens with zero attached hydrogens (tertiary/aromatic N) is 3. The van der Waals surface area contributed by atoms with Crippen LogP contribution in [-0.2, 0) is 6.54 Å². The third-order valence-corrected chi connectivity index (χ3v) is 2.94. The van der Waals surface area contributed by atoms with Crippen molar-refractivity contribution in [2.45, 2.75) is 26.1 Å². The monoisotopic (exact) mass is 274 g/mol. The lowest BCUT2D eigenvalue weighted by Crippen LogP contribution is -2.32. The summed E-state index contributed by atoms with van der Waals surface area (Å²) in [6.07, 6.45) is 2.15. The number of benzene rings is 1. The number of carbonyl (C=O) groups is 1. The lowest BCUT2D eigenvalue weighted by molar-refractivity contribution is 0.0946. The number of nitrogens with one attached hydrogen (secondary N) is 2. The third kappa shape index (κ3) is 3.40. The third-order valence-electron chi connectivity index (χ3n) is 2.94. The summed E-state index contributed by atoms with van der Waals surface area (Å²) in [7, 11) is 0. The van der Waals surface area contributed by atoms with Crippen molar-refractivity contribution in [2.75, 3.05) is 0 Å². The topological polar surface area (TPSA) is 97.9 Å². The molecule has 0 aliphatic rings. The van der Waals surface area contributed by atoms with Gasteiger partial charge in [0, 0.05) is 6.54 Å². The van der Waals surface area contributed by atoms with Crippen molar-refractivity contribution in [3.8, 4) is 0 Å². The molecule has 7 heteroatoms. The molecule has 1 unspecified atom stereocenters. The molecule has 0 saturated carbocycles. The van der Waals surface area contributed by atoms with Gasteiger partial charge in [-0.15, -0.1) is 5.10 Å². The van der Waals surface area contributed by atoms with E-state index in [1.807, 2.05) is 37.3 Å². The Balaban J connectivity index is 1.96. The van der Waals surface area contributed by atoms with E-state index < -0.39 is 0 Å². The summed E-state index contributed by atoms with van der Waals surface area (Å²) in [5.74, 6) is 5.14. The Hall–Kier alpha value is -2.25. The molecule has 1 atom stereocenters. The maximum absolute atomic E-state index is 12.0. The molecule has 1 aromatic carbocycles. The SMILES string of the molecule is CCC(NN)n1cc(C(=O)NCc2ccccc2)nn1. The van der Waals surface area contributed by atoms with Gasteiger partial charge in [0.25, 0.3) is 5.91 Å². The van der Waals surface area contributed by atoms with Crippen molar-refractivity contribution < 1.29 is 4.79 Å². The maximum atomic E-state index is 12.0. The summed E-state index contributed by atoms with van der Waals surface area (Å²) < 4.78 is 1.54. The minimum absolute atomic E-state index is 0.168.